The zero-order valence-corrected chi connectivity index (χ0v) is 9.11. The van der Waals surface area contributed by atoms with Gasteiger partial charge in [0.05, 0.1) is 18.0 Å². The van der Waals surface area contributed by atoms with Crippen molar-refractivity contribution in [2.75, 3.05) is 0 Å². The average molecular weight is 225 g/mol. The van der Waals surface area contributed by atoms with Crippen molar-refractivity contribution in [1.82, 2.24) is 4.37 Å². The summed E-state index contributed by atoms with van der Waals surface area (Å²) in [6.45, 7) is 0. The fourth-order valence-corrected chi connectivity index (χ4v) is 2.61. The number of nitrogens with zero attached hydrogens (tertiary/aromatic N) is 3. The van der Waals surface area contributed by atoms with Gasteiger partial charge in [-0.05, 0) is 17.6 Å². The van der Waals surface area contributed by atoms with Gasteiger partial charge in [0.15, 0.2) is 0 Å². The van der Waals surface area contributed by atoms with Crippen molar-refractivity contribution in [3.05, 3.63) is 52.2 Å². The van der Waals surface area contributed by atoms with Crippen LogP contribution < -0.4 is 9.89 Å². The number of fused-ring (bicyclic) bond motifs is 2. The smallest absolute Gasteiger partial charge is 0.144 e. The SMILES string of the molecule is N#CC=CC1C=CC=C2N=c3sncc3=C21. The van der Waals surface area contributed by atoms with Crippen LogP contribution in [0.1, 0.15) is 0 Å². The molecule has 1 atom stereocenters. The van der Waals surface area contributed by atoms with Crippen molar-refractivity contribution in [2.45, 2.75) is 0 Å². The van der Waals surface area contributed by atoms with E-state index in [1.54, 1.807) is 0 Å². The van der Waals surface area contributed by atoms with E-state index in [0.29, 0.717) is 0 Å². The summed E-state index contributed by atoms with van der Waals surface area (Å²) in [6, 6.07) is 2.02. The predicted octanol–water partition coefficient (Wildman–Crippen LogP) is 1.08. The average Bonchev–Trinajstić information content (AvgIpc) is 2.85. The van der Waals surface area contributed by atoms with Crippen molar-refractivity contribution in [3.8, 4) is 6.07 Å². The first-order valence-electron chi connectivity index (χ1n) is 4.89. The van der Waals surface area contributed by atoms with Crippen LogP contribution in [0, 0.1) is 17.2 Å². The molecule has 2 aliphatic rings. The molecule has 1 unspecified atom stereocenters. The Morgan fingerprint density at radius 2 is 2.44 bits per heavy atom. The first-order valence-corrected chi connectivity index (χ1v) is 5.66. The number of hydrogen-bond acceptors (Lipinski definition) is 4. The molecule has 0 saturated heterocycles. The lowest BCUT2D eigenvalue weighted by atomic mass is 9.91. The molecular formula is C12H7N3S. The molecule has 0 amide bonds. The van der Waals surface area contributed by atoms with Crippen LogP contribution in [0.4, 0.5) is 0 Å². The summed E-state index contributed by atoms with van der Waals surface area (Å²) in [5.41, 5.74) is 2.16. The summed E-state index contributed by atoms with van der Waals surface area (Å²) in [5.74, 6) is 0.140. The highest BCUT2D eigenvalue weighted by atomic mass is 32.1. The molecule has 1 aliphatic carbocycles. The van der Waals surface area contributed by atoms with Crippen molar-refractivity contribution < 1.29 is 0 Å². The van der Waals surface area contributed by atoms with E-state index >= 15 is 0 Å². The second-order valence-electron chi connectivity index (χ2n) is 3.52. The minimum Gasteiger partial charge on any atom is -0.236 e. The Kier molecular flexibility index (Phi) is 2.05. The van der Waals surface area contributed by atoms with Crippen molar-refractivity contribution in [3.63, 3.8) is 0 Å². The topological polar surface area (TPSA) is 49.0 Å². The van der Waals surface area contributed by atoms with Crippen LogP contribution in [0.15, 0.2) is 47.3 Å². The minimum absolute atomic E-state index is 0.140. The molecule has 1 aromatic heterocycles. The van der Waals surface area contributed by atoms with Gasteiger partial charge in [-0.2, -0.15) is 9.64 Å². The maximum Gasteiger partial charge on any atom is 0.144 e. The zero-order valence-electron chi connectivity index (χ0n) is 8.29. The number of nitriles is 1. The molecular weight excluding hydrogens is 218 g/mol. The summed E-state index contributed by atoms with van der Waals surface area (Å²) >= 11 is 1.41. The van der Waals surface area contributed by atoms with Crippen molar-refractivity contribution in [1.29, 1.82) is 5.26 Å². The standard InChI is InChI=1S/C12H7N3S/c13-6-2-4-8-3-1-5-10-11(8)9-7-14-16-12(9)15-10/h1-5,7-8H. The Morgan fingerprint density at radius 1 is 1.50 bits per heavy atom. The monoisotopic (exact) mass is 225 g/mol. The molecule has 0 N–H and O–H groups in total. The fourth-order valence-electron chi connectivity index (χ4n) is 1.95. The molecule has 3 nitrogen and oxygen atoms in total. The Morgan fingerprint density at radius 3 is 3.31 bits per heavy atom. The van der Waals surface area contributed by atoms with Crippen LogP contribution in [-0.2, 0) is 0 Å². The van der Waals surface area contributed by atoms with E-state index in [2.05, 4.69) is 15.4 Å². The highest BCUT2D eigenvalue weighted by molar-refractivity contribution is 7.03. The van der Waals surface area contributed by atoms with Gasteiger partial charge in [-0.3, -0.25) is 0 Å². The normalized spacial score (nSPS) is 21.3. The van der Waals surface area contributed by atoms with E-state index < -0.39 is 0 Å². The number of allylic oxidation sites excluding steroid dienone is 6. The summed E-state index contributed by atoms with van der Waals surface area (Å²) in [5, 5.41) is 9.68. The minimum atomic E-state index is 0.140. The molecule has 0 spiro atoms. The van der Waals surface area contributed by atoms with Crippen LogP contribution in [0.5, 0.6) is 0 Å². The van der Waals surface area contributed by atoms with Gasteiger partial charge < -0.3 is 0 Å². The summed E-state index contributed by atoms with van der Waals surface area (Å²) in [4.78, 5) is 4.50. The molecule has 4 heteroatoms. The van der Waals surface area contributed by atoms with Gasteiger partial charge >= 0.3 is 0 Å². The molecule has 3 rings (SSSR count). The molecule has 0 radical (unpaired) electrons. The first-order chi connectivity index (χ1) is 7.90. The lowest BCUT2D eigenvalue weighted by Gasteiger charge is -2.13. The van der Waals surface area contributed by atoms with Gasteiger partial charge in [-0.1, -0.05) is 18.2 Å². The number of rotatable bonds is 1. The van der Waals surface area contributed by atoms with Crippen LogP contribution in [-0.4, -0.2) is 4.37 Å². The molecule has 76 valence electrons. The lowest BCUT2D eigenvalue weighted by Crippen LogP contribution is -2.18. The molecule has 0 fully saturated rings. The van der Waals surface area contributed by atoms with E-state index in [1.807, 2.05) is 30.5 Å². The van der Waals surface area contributed by atoms with E-state index in [1.165, 1.54) is 17.6 Å². The van der Waals surface area contributed by atoms with Gasteiger partial charge in [0, 0.05) is 22.8 Å². The predicted molar refractivity (Wildman–Crippen MR) is 61.8 cm³/mol. The zero-order chi connectivity index (χ0) is 11.0. The highest BCUT2D eigenvalue weighted by Crippen LogP contribution is 2.29. The van der Waals surface area contributed by atoms with Gasteiger partial charge in [0.25, 0.3) is 0 Å². The van der Waals surface area contributed by atoms with Gasteiger partial charge in [0.1, 0.15) is 4.67 Å². The maximum absolute atomic E-state index is 8.57. The van der Waals surface area contributed by atoms with Crippen LogP contribution >= 0.6 is 11.5 Å². The quantitative estimate of drug-likeness (QED) is 0.671. The first kappa shape index (κ1) is 9.25. The second kappa shape index (κ2) is 3.54. The van der Waals surface area contributed by atoms with Crippen LogP contribution in [0.2, 0.25) is 0 Å². The molecule has 1 aromatic rings. The van der Waals surface area contributed by atoms with E-state index in [9.17, 15) is 0 Å². The largest absolute Gasteiger partial charge is 0.236 e. The van der Waals surface area contributed by atoms with Gasteiger partial charge in [0.2, 0.25) is 0 Å². The Balaban J connectivity index is 2.22. The van der Waals surface area contributed by atoms with Gasteiger partial charge in [-0.25, -0.2) is 4.99 Å². The molecule has 0 bridgehead atoms. The summed E-state index contributed by atoms with van der Waals surface area (Å²) in [6.07, 6.45) is 11.3. The highest BCUT2D eigenvalue weighted by Gasteiger charge is 2.21. The third kappa shape index (κ3) is 1.26. The molecule has 2 heterocycles. The fraction of sp³-hybridized carbons (Fsp3) is 0.0833. The summed E-state index contributed by atoms with van der Waals surface area (Å²) < 4.78 is 5.11. The van der Waals surface area contributed by atoms with E-state index in [4.69, 9.17) is 5.26 Å². The Hall–Kier alpha value is -1.99. The number of aromatic nitrogens is 1. The second-order valence-corrected chi connectivity index (χ2v) is 4.30. The molecule has 0 saturated carbocycles. The third-order valence-corrected chi connectivity index (χ3v) is 3.32. The van der Waals surface area contributed by atoms with Gasteiger partial charge in [-0.15, -0.1) is 0 Å². The lowest BCUT2D eigenvalue weighted by molar-refractivity contribution is 1.06. The van der Waals surface area contributed by atoms with E-state index in [0.717, 1.165) is 21.2 Å². The summed E-state index contributed by atoms with van der Waals surface area (Å²) in [7, 11) is 0. The number of hydrogen-bond donors (Lipinski definition) is 0. The van der Waals surface area contributed by atoms with Crippen LogP contribution in [0.25, 0.3) is 5.57 Å². The third-order valence-electron chi connectivity index (χ3n) is 2.62. The molecule has 16 heavy (non-hydrogen) atoms. The maximum atomic E-state index is 8.57. The Labute approximate surface area is 96.2 Å². The van der Waals surface area contributed by atoms with Crippen molar-refractivity contribution in [2.24, 2.45) is 10.9 Å². The molecule has 1 aliphatic heterocycles. The van der Waals surface area contributed by atoms with Crippen LogP contribution in [0.3, 0.4) is 0 Å². The van der Waals surface area contributed by atoms with E-state index in [-0.39, 0.29) is 5.92 Å². The molecule has 0 aromatic carbocycles. The Bertz CT molecular complexity index is 683. The van der Waals surface area contributed by atoms with Crippen molar-refractivity contribution >= 4 is 17.1 Å².